The van der Waals surface area contributed by atoms with Crippen LogP contribution in [0, 0.1) is 5.82 Å². The highest BCUT2D eigenvalue weighted by molar-refractivity contribution is 7.09. The molecule has 0 aliphatic rings. The molecule has 1 N–H and O–H groups in total. The van der Waals surface area contributed by atoms with Gasteiger partial charge >= 0.3 is 5.97 Å². The van der Waals surface area contributed by atoms with Crippen LogP contribution in [0.5, 0.6) is 5.75 Å². The number of carbonyl (C=O) groups is 1. The molecule has 0 fully saturated rings. The highest BCUT2D eigenvalue weighted by atomic mass is 32.1. The molecule has 0 unspecified atom stereocenters. The van der Waals surface area contributed by atoms with Gasteiger partial charge in [0.25, 0.3) is 0 Å². The lowest BCUT2D eigenvalue weighted by Crippen LogP contribution is -1.99. The molecule has 0 saturated carbocycles. The first-order valence-corrected chi connectivity index (χ1v) is 5.59. The number of rotatable bonds is 4. The highest BCUT2D eigenvalue weighted by Crippen LogP contribution is 2.15. The first-order chi connectivity index (χ1) is 8.15. The summed E-state index contributed by atoms with van der Waals surface area (Å²) in [4.78, 5) is 14.4. The maximum absolute atomic E-state index is 12.6. The summed E-state index contributed by atoms with van der Waals surface area (Å²) in [6.07, 6.45) is 0. The molecule has 1 heterocycles. The molecule has 0 aliphatic carbocycles. The monoisotopic (exact) mass is 253 g/mol. The lowest BCUT2D eigenvalue weighted by atomic mass is 10.3. The van der Waals surface area contributed by atoms with Gasteiger partial charge in [-0.25, -0.2) is 14.2 Å². The minimum Gasteiger partial charge on any atom is -0.486 e. The Morgan fingerprint density at radius 1 is 1.41 bits per heavy atom. The number of carboxylic acids is 1. The average molecular weight is 253 g/mol. The van der Waals surface area contributed by atoms with Gasteiger partial charge in [-0.3, -0.25) is 0 Å². The molecule has 17 heavy (non-hydrogen) atoms. The van der Waals surface area contributed by atoms with Crippen LogP contribution in [0.2, 0.25) is 0 Å². The zero-order valence-electron chi connectivity index (χ0n) is 8.59. The number of aromatic carboxylic acids is 1. The van der Waals surface area contributed by atoms with Gasteiger partial charge in [0.15, 0.2) is 5.69 Å². The van der Waals surface area contributed by atoms with Crippen molar-refractivity contribution in [3.05, 3.63) is 46.2 Å². The number of aromatic nitrogens is 1. The van der Waals surface area contributed by atoms with E-state index in [1.807, 2.05) is 0 Å². The molecule has 0 atom stereocenters. The van der Waals surface area contributed by atoms with E-state index in [0.717, 1.165) is 0 Å². The van der Waals surface area contributed by atoms with Crippen LogP contribution in [0.4, 0.5) is 4.39 Å². The van der Waals surface area contributed by atoms with E-state index in [4.69, 9.17) is 9.84 Å². The summed E-state index contributed by atoms with van der Waals surface area (Å²) in [6, 6.07) is 5.59. The van der Waals surface area contributed by atoms with Gasteiger partial charge in [0.05, 0.1) is 0 Å². The van der Waals surface area contributed by atoms with E-state index in [9.17, 15) is 9.18 Å². The maximum Gasteiger partial charge on any atom is 0.355 e. The Balaban J connectivity index is 1.97. The number of hydrogen-bond donors (Lipinski definition) is 1. The first-order valence-electron chi connectivity index (χ1n) is 4.71. The fourth-order valence-corrected chi connectivity index (χ4v) is 1.83. The van der Waals surface area contributed by atoms with Crippen molar-refractivity contribution in [1.29, 1.82) is 0 Å². The van der Waals surface area contributed by atoms with Crippen LogP contribution in [0.15, 0.2) is 29.6 Å². The molecular weight excluding hydrogens is 245 g/mol. The van der Waals surface area contributed by atoms with Crippen LogP contribution in [0.25, 0.3) is 0 Å². The van der Waals surface area contributed by atoms with Crippen LogP contribution < -0.4 is 4.74 Å². The Morgan fingerprint density at radius 3 is 2.71 bits per heavy atom. The molecule has 0 radical (unpaired) electrons. The first kappa shape index (κ1) is 11.5. The van der Waals surface area contributed by atoms with E-state index < -0.39 is 5.97 Å². The van der Waals surface area contributed by atoms with Crippen molar-refractivity contribution >= 4 is 17.3 Å². The molecular formula is C11H8FNO3S. The van der Waals surface area contributed by atoms with E-state index in [0.29, 0.717) is 10.8 Å². The quantitative estimate of drug-likeness (QED) is 0.909. The Morgan fingerprint density at radius 2 is 2.12 bits per heavy atom. The minimum atomic E-state index is -1.06. The Kier molecular flexibility index (Phi) is 3.34. The van der Waals surface area contributed by atoms with E-state index >= 15 is 0 Å². The normalized spacial score (nSPS) is 10.2. The Labute approximate surface area is 100 Å². The second-order valence-electron chi connectivity index (χ2n) is 3.17. The SMILES string of the molecule is O=C(O)c1csc(COc2ccc(F)cc2)n1. The summed E-state index contributed by atoms with van der Waals surface area (Å²) in [6.45, 7) is 0.170. The van der Waals surface area contributed by atoms with E-state index in [1.54, 1.807) is 0 Å². The lowest BCUT2D eigenvalue weighted by molar-refractivity contribution is 0.0691. The van der Waals surface area contributed by atoms with Crippen molar-refractivity contribution in [2.45, 2.75) is 6.61 Å². The lowest BCUT2D eigenvalue weighted by Gasteiger charge is -2.02. The molecule has 6 heteroatoms. The van der Waals surface area contributed by atoms with Crippen LogP contribution in [-0.2, 0) is 6.61 Å². The van der Waals surface area contributed by atoms with Gasteiger partial charge in [-0.1, -0.05) is 0 Å². The number of nitrogens with zero attached hydrogens (tertiary/aromatic N) is 1. The number of halogens is 1. The van der Waals surface area contributed by atoms with Crippen molar-refractivity contribution in [1.82, 2.24) is 4.98 Å². The smallest absolute Gasteiger partial charge is 0.355 e. The maximum atomic E-state index is 12.6. The standard InChI is InChI=1S/C11H8FNO3S/c12-7-1-3-8(4-2-7)16-5-10-13-9(6-17-10)11(14)15/h1-4,6H,5H2,(H,14,15). The summed E-state index contributed by atoms with van der Waals surface area (Å²) in [7, 11) is 0. The second kappa shape index (κ2) is 4.92. The number of thiazole rings is 1. The van der Waals surface area contributed by atoms with E-state index in [-0.39, 0.29) is 18.1 Å². The Hall–Kier alpha value is -1.95. The van der Waals surface area contributed by atoms with Crippen molar-refractivity contribution in [2.24, 2.45) is 0 Å². The summed E-state index contributed by atoms with van der Waals surface area (Å²) in [5.74, 6) is -0.882. The van der Waals surface area contributed by atoms with Gasteiger partial charge in [-0.15, -0.1) is 11.3 Å². The fraction of sp³-hybridized carbons (Fsp3) is 0.0909. The summed E-state index contributed by atoms with van der Waals surface area (Å²) in [5.41, 5.74) is 0.00714. The molecule has 0 amide bonds. The number of ether oxygens (including phenoxy) is 1. The largest absolute Gasteiger partial charge is 0.486 e. The third-order valence-electron chi connectivity index (χ3n) is 1.95. The zero-order valence-corrected chi connectivity index (χ0v) is 9.41. The van der Waals surface area contributed by atoms with Gasteiger partial charge < -0.3 is 9.84 Å². The van der Waals surface area contributed by atoms with Gasteiger partial charge in [0, 0.05) is 5.38 Å². The Bertz CT molecular complexity index is 524. The summed E-state index contributed by atoms with van der Waals surface area (Å²) < 4.78 is 17.9. The van der Waals surface area contributed by atoms with Gasteiger partial charge in [0.2, 0.25) is 0 Å². The van der Waals surface area contributed by atoms with Crippen LogP contribution in [0.3, 0.4) is 0 Å². The molecule has 88 valence electrons. The van der Waals surface area contributed by atoms with Gasteiger partial charge in [-0.05, 0) is 24.3 Å². The summed E-state index contributed by atoms with van der Waals surface area (Å²) in [5, 5.41) is 10.7. The van der Waals surface area contributed by atoms with Crippen molar-refractivity contribution in [3.63, 3.8) is 0 Å². The van der Waals surface area contributed by atoms with Crippen LogP contribution in [0.1, 0.15) is 15.5 Å². The predicted octanol–water partition coefficient (Wildman–Crippen LogP) is 2.56. The van der Waals surface area contributed by atoms with Crippen LogP contribution in [-0.4, -0.2) is 16.1 Å². The predicted molar refractivity (Wildman–Crippen MR) is 59.8 cm³/mol. The molecule has 1 aromatic heterocycles. The number of carboxylic acid groups (broad SMARTS) is 1. The molecule has 4 nitrogen and oxygen atoms in total. The molecule has 1 aromatic carbocycles. The molecule has 2 aromatic rings. The van der Waals surface area contributed by atoms with E-state index in [1.165, 1.54) is 41.0 Å². The number of hydrogen-bond acceptors (Lipinski definition) is 4. The highest BCUT2D eigenvalue weighted by Gasteiger charge is 2.08. The van der Waals surface area contributed by atoms with E-state index in [2.05, 4.69) is 4.98 Å². The molecule has 0 saturated heterocycles. The third kappa shape index (κ3) is 3.01. The van der Waals surface area contributed by atoms with Crippen molar-refractivity contribution in [2.75, 3.05) is 0 Å². The summed E-state index contributed by atoms with van der Waals surface area (Å²) >= 11 is 1.21. The number of benzene rings is 1. The van der Waals surface area contributed by atoms with Crippen LogP contribution >= 0.6 is 11.3 Å². The average Bonchev–Trinajstić information content (AvgIpc) is 2.77. The van der Waals surface area contributed by atoms with Crippen molar-refractivity contribution < 1.29 is 19.0 Å². The molecule has 0 aliphatic heterocycles. The zero-order chi connectivity index (χ0) is 12.3. The van der Waals surface area contributed by atoms with Gasteiger partial charge in [-0.2, -0.15) is 0 Å². The molecule has 0 bridgehead atoms. The van der Waals surface area contributed by atoms with Crippen molar-refractivity contribution in [3.8, 4) is 5.75 Å². The molecule has 2 rings (SSSR count). The molecule has 0 spiro atoms. The second-order valence-corrected chi connectivity index (χ2v) is 4.12. The fourth-order valence-electron chi connectivity index (χ4n) is 1.15. The van der Waals surface area contributed by atoms with Gasteiger partial charge in [0.1, 0.15) is 23.2 Å². The third-order valence-corrected chi connectivity index (χ3v) is 2.77. The topological polar surface area (TPSA) is 59.4 Å². The minimum absolute atomic E-state index is 0.00714.